The first-order chi connectivity index (χ1) is 29.8. The fourth-order valence-electron chi connectivity index (χ4n) is 7.47. The van der Waals surface area contributed by atoms with Crippen molar-refractivity contribution in [2.45, 2.75) is 137 Å². The lowest BCUT2D eigenvalue weighted by Crippen LogP contribution is -2.61. The van der Waals surface area contributed by atoms with Gasteiger partial charge in [0, 0.05) is 17.7 Å². The van der Waals surface area contributed by atoms with Crippen LogP contribution < -0.4 is 14.9 Å². The summed E-state index contributed by atoms with van der Waals surface area (Å²) in [6.07, 6.45) is -32.8. The van der Waals surface area contributed by atoms with E-state index >= 15 is 0 Å². The number of benzene rings is 2. The highest BCUT2D eigenvalue weighted by atomic mass is 16.7. The van der Waals surface area contributed by atoms with Crippen molar-refractivity contribution in [3.05, 3.63) is 46.6 Å². The summed E-state index contributed by atoms with van der Waals surface area (Å²) in [4.78, 5) is 14.2. The molecule has 5 heterocycles. The lowest BCUT2D eigenvalue weighted by atomic mass is 9.98. The molecule has 1 aromatic heterocycles. The van der Waals surface area contributed by atoms with Gasteiger partial charge in [0.1, 0.15) is 114 Å². The van der Waals surface area contributed by atoms with Crippen LogP contribution in [0.4, 0.5) is 0 Å². The number of ether oxygens (including phenoxy) is 8. The number of fused-ring (bicyclic) bond motifs is 1. The molecule has 20 atom stereocenters. The zero-order chi connectivity index (χ0) is 45.8. The topological polar surface area (TPSA) is 387 Å². The largest absolute Gasteiger partial charge is 0.508 e. The van der Waals surface area contributed by atoms with Crippen LogP contribution in [0.3, 0.4) is 0 Å². The van der Waals surface area contributed by atoms with Crippen molar-refractivity contribution >= 4 is 11.0 Å². The van der Waals surface area contributed by atoms with Crippen LogP contribution in [0.2, 0.25) is 0 Å². The first-order valence-corrected chi connectivity index (χ1v) is 19.8. The third-order valence-electron chi connectivity index (χ3n) is 11.3. The fourth-order valence-corrected chi connectivity index (χ4v) is 7.47. The molecule has 4 saturated heterocycles. The molecule has 2 aromatic carbocycles. The van der Waals surface area contributed by atoms with Crippen LogP contribution >= 0.6 is 0 Å². The van der Waals surface area contributed by atoms with Crippen LogP contribution in [0.5, 0.6) is 23.0 Å². The monoisotopic (exact) mass is 902 g/mol. The van der Waals surface area contributed by atoms with E-state index in [4.69, 9.17) is 42.3 Å². The molecule has 63 heavy (non-hydrogen) atoms. The fraction of sp³-hybridized carbons (Fsp3) is 0.615. The standard InChI is InChI=1S/C39H50O24/c1-11-21(42)26(47)30(51)36(57-11)55-9-18-23(44)28(49)32(53)38(61-18)59-15-7-16(41)20-17(8-15)60-34(13-3-5-14(40)6-4-13)35(25(20)46)63-39-33(54)29(50)24(45)19(62-39)10-56-37-31(52)27(48)22(43)12(2)58-37/h3-8,11-12,18-19,21-24,26-33,36-45,47-54H,9-10H2,1-2H3/t11-,12-,18+,19+,21-,22-,23+,24+,26+,27+,28-,29-,30+,31+,32+,33+,36+,37+,38+,39-/m0/s1. The zero-order valence-corrected chi connectivity index (χ0v) is 33.3. The minimum absolute atomic E-state index is 0.0751. The number of hydrogen-bond donors (Lipinski definition) is 14. The molecular weight excluding hydrogens is 852 g/mol. The third kappa shape index (κ3) is 9.33. The minimum Gasteiger partial charge on any atom is -0.508 e. The molecule has 0 amide bonds. The predicted molar refractivity (Wildman–Crippen MR) is 202 cm³/mol. The van der Waals surface area contributed by atoms with E-state index < -0.39 is 164 Å². The second-order valence-corrected chi connectivity index (χ2v) is 15.7. The Morgan fingerprint density at radius 1 is 0.524 bits per heavy atom. The minimum atomic E-state index is -2.04. The predicted octanol–water partition coefficient (Wildman–Crippen LogP) is -5.07. The molecule has 7 rings (SSSR count). The SMILES string of the molecule is C[C@@H]1O[C@@H](OC[C@H]2O[C@@H](Oc3cc(O)c4c(=O)c(O[C@@H]5O[C@H](CO[C@@H]6O[C@@H](C)[C@H](O)[C@@H](O)[C@H]6O)[C@@H](O)[C@H](O)[C@H]5O)c(-c5ccc(O)cc5)oc4c3)[C@H](O)[C@@H](O)[C@@H]2O)[C@H](O)[C@H](O)[C@H]1O. The van der Waals surface area contributed by atoms with Gasteiger partial charge in [-0.3, -0.25) is 4.79 Å². The van der Waals surface area contributed by atoms with Gasteiger partial charge in [0.2, 0.25) is 23.8 Å². The van der Waals surface area contributed by atoms with Gasteiger partial charge in [-0.25, -0.2) is 0 Å². The van der Waals surface area contributed by atoms with Crippen molar-refractivity contribution in [2.24, 2.45) is 0 Å². The maximum atomic E-state index is 14.2. The molecule has 0 spiro atoms. The molecule has 4 aliphatic rings. The first kappa shape index (κ1) is 47.1. The highest BCUT2D eigenvalue weighted by Crippen LogP contribution is 2.39. The van der Waals surface area contributed by atoms with Crippen LogP contribution in [0.1, 0.15) is 13.8 Å². The number of phenols is 2. The van der Waals surface area contributed by atoms with Crippen LogP contribution in [0, 0.1) is 0 Å². The van der Waals surface area contributed by atoms with E-state index in [-0.39, 0.29) is 22.6 Å². The highest BCUT2D eigenvalue weighted by Gasteiger charge is 2.49. The van der Waals surface area contributed by atoms with Gasteiger partial charge in [-0.2, -0.15) is 0 Å². The van der Waals surface area contributed by atoms with Crippen LogP contribution in [-0.4, -0.2) is 208 Å². The summed E-state index contributed by atoms with van der Waals surface area (Å²) in [5, 5.41) is 146. The van der Waals surface area contributed by atoms with E-state index in [9.17, 15) is 76.3 Å². The lowest BCUT2D eigenvalue weighted by molar-refractivity contribution is -0.318. The molecule has 3 aromatic rings. The van der Waals surface area contributed by atoms with Crippen molar-refractivity contribution in [3.8, 4) is 34.3 Å². The number of aliphatic hydroxyl groups excluding tert-OH is 12. The van der Waals surface area contributed by atoms with Crippen molar-refractivity contribution in [3.63, 3.8) is 0 Å². The van der Waals surface area contributed by atoms with Crippen LogP contribution in [0.15, 0.2) is 45.6 Å². The molecule has 0 bridgehead atoms. The quantitative estimate of drug-likeness (QED) is 0.0856. The average molecular weight is 903 g/mol. The second kappa shape index (κ2) is 18.9. The Morgan fingerprint density at radius 2 is 0.968 bits per heavy atom. The van der Waals surface area contributed by atoms with E-state index in [0.717, 1.165) is 12.1 Å². The summed E-state index contributed by atoms with van der Waals surface area (Å²) in [6, 6.07) is 7.07. The van der Waals surface area contributed by atoms with Crippen molar-refractivity contribution < 1.29 is 114 Å². The number of hydrogen-bond acceptors (Lipinski definition) is 24. The molecular formula is C39H50O24. The maximum Gasteiger partial charge on any atom is 0.239 e. The van der Waals surface area contributed by atoms with Crippen LogP contribution in [-0.2, 0) is 28.4 Å². The zero-order valence-electron chi connectivity index (χ0n) is 33.3. The van der Waals surface area contributed by atoms with Gasteiger partial charge in [0.25, 0.3) is 0 Å². The molecule has 0 radical (unpaired) electrons. The Kier molecular flexibility index (Phi) is 14.1. The molecule has 0 unspecified atom stereocenters. The van der Waals surface area contributed by atoms with E-state index in [1.54, 1.807) is 0 Å². The van der Waals surface area contributed by atoms with Crippen molar-refractivity contribution in [1.82, 2.24) is 0 Å². The Bertz CT molecular complexity index is 2090. The van der Waals surface area contributed by atoms with Gasteiger partial charge in [-0.1, -0.05) is 0 Å². The molecule has 4 aliphatic heterocycles. The van der Waals surface area contributed by atoms with Gasteiger partial charge in [-0.05, 0) is 38.1 Å². The van der Waals surface area contributed by atoms with Gasteiger partial charge < -0.3 is 114 Å². The molecule has 24 heteroatoms. The molecule has 350 valence electrons. The van der Waals surface area contributed by atoms with Crippen LogP contribution in [0.25, 0.3) is 22.3 Å². The molecule has 4 fully saturated rings. The summed E-state index contributed by atoms with van der Waals surface area (Å²) >= 11 is 0. The number of phenolic OH excluding ortho intramolecular Hbond substituents is 2. The molecule has 0 aliphatic carbocycles. The average Bonchev–Trinajstić information content (AvgIpc) is 3.25. The van der Waals surface area contributed by atoms with E-state index in [2.05, 4.69) is 0 Å². The molecule has 0 saturated carbocycles. The Balaban J connectivity index is 1.14. The maximum absolute atomic E-state index is 14.2. The summed E-state index contributed by atoms with van der Waals surface area (Å²) in [5.41, 5.74) is -1.39. The van der Waals surface area contributed by atoms with Gasteiger partial charge in [0.05, 0.1) is 25.4 Å². The summed E-state index contributed by atoms with van der Waals surface area (Å²) in [5.74, 6) is -2.43. The first-order valence-electron chi connectivity index (χ1n) is 19.8. The number of aromatic hydroxyl groups is 2. The van der Waals surface area contributed by atoms with E-state index in [0.29, 0.717) is 0 Å². The second-order valence-electron chi connectivity index (χ2n) is 15.7. The summed E-state index contributed by atoms with van der Waals surface area (Å²) in [6.45, 7) is 1.56. The molecule has 24 nitrogen and oxygen atoms in total. The molecule has 14 N–H and O–H groups in total. The van der Waals surface area contributed by atoms with Crippen molar-refractivity contribution in [1.29, 1.82) is 0 Å². The van der Waals surface area contributed by atoms with Gasteiger partial charge >= 0.3 is 0 Å². The normalized spacial score (nSPS) is 41.0. The van der Waals surface area contributed by atoms with E-state index in [1.165, 1.54) is 38.1 Å². The van der Waals surface area contributed by atoms with Crippen molar-refractivity contribution in [2.75, 3.05) is 13.2 Å². The highest BCUT2D eigenvalue weighted by molar-refractivity contribution is 5.88. The number of aliphatic hydroxyl groups is 12. The van der Waals surface area contributed by atoms with Gasteiger partial charge in [0.15, 0.2) is 18.3 Å². The Labute approximate surface area is 355 Å². The van der Waals surface area contributed by atoms with Gasteiger partial charge in [-0.15, -0.1) is 0 Å². The third-order valence-corrected chi connectivity index (χ3v) is 11.3. The van der Waals surface area contributed by atoms with E-state index in [1.807, 2.05) is 0 Å². The lowest BCUT2D eigenvalue weighted by Gasteiger charge is -2.42. The Morgan fingerprint density at radius 3 is 1.46 bits per heavy atom. The summed E-state index contributed by atoms with van der Waals surface area (Å²) < 4.78 is 50.8. The number of rotatable bonds is 11. The Hall–Kier alpha value is -3.87. The smallest absolute Gasteiger partial charge is 0.239 e. The summed E-state index contributed by atoms with van der Waals surface area (Å²) in [7, 11) is 0.